The van der Waals surface area contributed by atoms with Gasteiger partial charge in [0.25, 0.3) is 0 Å². The maximum absolute atomic E-state index is 6.23. The number of hydrogen-bond donors (Lipinski definition) is 0. The molecule has 0 aromatic heterocycles. The van der Waals surface area contributed by atoms with Crippen molar-refractivity contribution in [1.82, 2.24) is 0 Å². The third-order valence-electron chi connectivity index (χ3n) is 2.47. The third-order valence-corrected chi connectivity index (χ3v) is 2.81. The molecule has 0 amide bonds. The van der Waals surface area contributed by atoms with Crippen molar-refractivity contribution >= 4 is 11.6 Å². The normalized spacial score (nSPS) is 16.9. The summed E-state index contributed by atoms with van der Waals surface area (Å²) < 4.78 is 0. The summed E-state index contributed by atoms with van der Waals surface area (Å²) in [7, 11) is 0. The molecule has 0 aromatic carbocycles. The minimum absolute atomic E-state index is 0.106. The number of halogens is 1. The highest BCUT2D eigenvalue weighted by atomic mass is 35.5. The van der Waals surface area contributed by atoms with Gasteiger partial charge in [0, 0.05) is 4.87 Å². The van der Waals surface area contributed by atoms with Gasteiger partial charge >= 0.3 is 0 Å². The van der Waals surface area contributed by atoms with Crippen molar-refractivity contribution in [1.29, 1.82) is 0 Å². The summed E-state index contributed by atoms with van der Waals surface area (Å²) in [6, 6.07) is 0. The van der Waals surface area contributed by atoms with E-state index < -0.39 is 0 Å². The van der Waals surface area contributed by atoms with Crippen LogP contribution in [0.25, 0.3) is 0 Å². The van der Waals surface area contributed by atoms with Crippen LogP contribution in [0.2, 0.25) is 0 Å². The van der Waals surface area contributed by atoms with E-state index in [2.05, 4.69) is 47.6 Å². The first-order valence-corrected chi connectivity index (χ1v) is 4.97. The lowest BCUT2D eigenvalue weighted by Crippen LogP contribution is -2.26. The van der Waals surface area contributed by atoms with Crippen molar-refractivity contribution in [2.24, 2.45) is 11.8 Å². The highest BCUT2D eigenvalue weighted by Crippen LogP contribution is 2.31. The second kappa shape index (κ2) is 4.32. The molecule has 0 aromatic rings. The fraction of sp³-hybridized carbons (Fsp3) is 0.818. The Morgan fingerprint density at radius 1 is 1.25 bits per heavy atom. The standard InChI is InChI=1S/C11H21Cl/c1-8(2)7-9(3)10(4)11(5,6)12/h7,9-10H,1-6H3/t9-,10-/m0/s1. The van der Waals surface area contributed by atoms with Crippen LogP contribution >= 0.6 is 11.6 Å². The Morgan fingerprint density at radius 2 is 1.67 bits per heavy atom. The summed E-state index contributed by atoms with van der Waals surface area (Å²) in [5, 5.41) is 0. The number of alkyl halides is 1. The average molecular weight is 189 g/mol. The smallest absolute Gasteiger partial charge is 0.0421 e. The Bertz CT molecular complexity index is 158. The van der Waals surface area contributed by atoms with E-state index >= 15 is 0 Å². The Balaban J connectivity index is 4.30. The molecule has 2 atom stereocenters. The molecular weight excluding hydrogens is 168 g/mol. The summed E-state index contributed by atoms with van der Waals surface area (Å²) in [5.41, 5.74) is 1.37. The molecule has 1 heteroatoms. The molecule has 0 saturated carbocycles. The molecule has 0 aliphatic carbocycles. The number of rotatable bonds is 3. The Hall–Kier alpha value is 0.0300. The molecule has 0 heterocycles. The van der Waals surface area contributed by atoms with E-state index in [0.29, 0.717) is 11.8 Å². The molecule has 0 fully saturated rings. The van der Waals surface area contributed by atoms with Gasteiger partial charge in [-0.1, -0.05) is 25.5 Å². The third kappa shape index (κ3) is 4.15. The zero-order chi connectivity index (χ0) is 9.94. The Kier molecular flexibility index (Phi) is 4.33. The lowest BCUT2D eigenvalue weighted by Gasteiger charge is -2.28. The van der Waals surface area contributed by atoms with Crippen LogP contribution in [0.1, 0.15) is 41.5 Å². The molecule has 0 radical (unpaired) electrons. The van der Waals surface area contributed by atoms with Crippen molar-refractivity contribution in [3.05, 3.63) is 11.6 Å². The summed E-state index contributed by atoms with van der Waals surface area (Å²) in [5.74, 6) is 1.07. The largest absolute Gasteiger partial charge is 0.120 e. The maximum Gasteiger partial charge on any atom is 0.0421 e. The van der Waals surface area contributed by atoms with Crippen LogP contribution in [-0.2, 0) is 0 Å². The van der Waals surface area contributed by atoms with Crippen molar-refractivity contribution in [2.75, 3.05) is 0 Å². The summed E-state index contributed by atoms with van der Waals surface area (Å²) >= 11 is 6.23. The van der Waals surface area contributed by atoms with E-state index in [9.17, 15) is 0 Å². The van der Waals surface area contributed by atoms with Gasteiger partial charge in [-0.3, -0.25) is 0 Å². The molecular formula is C11H21Cl. The molecule has 12 heavy (non-hydrogen) atoms. The quantitative estimate of drug-likeness (QED) is 0.459. The lowest BCUT2D eigenvalue weighted by atomic mass is 9.84. The van der Waals surface area contributed by atoms with Crippen molar-refractivity contribution < 1.29 is 0 Å². The first-order chi connectivity index (χ1) is 5.25. The predicted octanol–water partition coefficient (Wildman–Crippen LogP) is 4.24. The van der Waals surface area contributed by atoms with E-state index in [1.165, 1.54) is 5.57 Å². The molecule has 0 aliphatic rings. The predicted molar refractivity (Wildman–Crippen MR) is 57.7 cm³/mol. The summed E-state index contributed by atoms with van der Waals surface area (Å²) in [4.78, 5) is -0.106. The van der Waals surface area contributed by atoms with Gasteiger partial charge < -0.3 is 0 Å². The van der Waals surface area contributed by atoms with Gasteiger partial charge in [0.1, 0.15) is 0 Å². The highest BCUT2D eigenvalue weighted by Gasteiger charge is 2.26. The van der Waals surface area contributed by atoms with Gasteiger partial charge in [-0.25, -0.2) is 0 Å². The van der Waals surface area contributed by atoms with Gasteiger partial charge in [0.05, 0.1) is 0 Å². The number of hydrogen-bond acceptors (Lipinski definition) is 0. The monoisotopic (exact) mass is 188 g/mol. The zero-order valence-corrected chi connectivity index (χ0v) is 9.87. The van der Waals surface area contributed by atoms with Crippen LogP contribution in [-0.4, -0.2) is 4.87 Å². The van der Waals surface area contributed by atoms with Crippen LogP contribution < -0.4 is 0 Å². The van der Waals surface area contributed by atoms with Gasteiger partial charge in [-0.15, -0.1) is 11.6 Å². The molecule has 0 bridgehead atoms. The Labute approximate surface area is 82.0 Å². The van der Waals surface area contributed by atoms with Crippen LogP contribution in [0.3, 0.4) is 0 Å². The van der Waals surface area contributed by atoms with E-state index in [1.54, 1.807) is 0 Å². The molecule has 0 nitrogen and oxygen atoms in total. The van der Waals surface area contributed by atoms with Crippen LogP contribution in [0.4, 0.5) is 0 Å². The minimum Gasteiger partial charge on any atom is -0.120 e. The Morgan fingerprint density at radius 3 is 1.92 bits per heavy atom. The first kappa shape index (κ1) is 12.0. The average Bonchev–Trinajstić information content (AvgIpc) is 1.82. The summed E-state index contributed by atoms with van der Waals surface area (Å²) in [6.45, 7) is 12.8. The molecule has 0 saturated heterocycles. The molecule has 0 N–H and O–H groups in total. The van der Waals surface area contributed by atoms with Crippen molar-refractivity contribution in [3.63, 3.8) is 0 Å². The number of allylic oxidation sites excluding steroid dienone is 2. The molecule has 0 aliphatic heterocycles. The van der Waals surface area contributed by atoms with Crippen LogP contribution in [0.5, 0.6) is 0 Å². The minimum atomic E-state index is -0.106. The van der Waals surface area contributed by atoms with Crippen LogP contribution in [0.15, 0.2) is 11.6 Å². The molecule has 72 valence electrons. The van der Waals surface area contributed by atoms with Crippen molar-refractivity contribution in [2.45, 2.75) is 46.4 Å². The van der Waals surface area contributed by atoms with E-state index in [-0.39, 0.29) is 4.87 Å². The second-order valence-corrected chi connectivity index (χ2v) is 5.43. The lowest BCUT2D eigenvalue weighted by molar-refractivity contribution is 0.368. The fourth-order valence-corrected chi connectivity index (χ4v) is 1.49. The van der Waals surface area contributed by atoms with Crippen molar-refractivity contribution in [3.8, 4) is 0 Å². The molecule has 0 rings (SSSR count). The first-order valence-electron chi connectivity index (χ1n) is 4.59. The topological polar surface area (TPSA) is 0 Å². The summed E-state index contributed by atoms with van der Waals surface area (Å²) in [6.07, 6.45) is 2.29. The zero-order valence-electron chi connectivity index (χ0n) is 9.11. The SMILES string of the molecule is CC(C)=C[C@H](C)[C@H](C)C(C)(C)Cl. The van der Waals surface area contributed by atoms with Gasteiger partial charge in [0.15, 0.2) is 0 Å². The highest BCUT2D eigenvalue weighted by molar-refractivity contribution is 6.23. The van der Waals surface area contributed by atoms with Gasteiger partial charge in [-0.05, 0) is 39.5 Å². The van der Waals surface area contributed by atoms with Gasteiger partial charge in [-0.2, -0.15) is 0 Å². The fourth-order valence-electron chi connectivity index (χ4n) is 1.30. The second-order valence-electron chi connectivity index (χ2n) is 4.46. The van der Waals surface area contributed by atoms with E-state index in [4.69, 9.17) is 11.6 Å². The van der Waals surface area contributed by atoms with E-state index in [0.717, 1.165) is 0 Å². The van der Waals surface area contributed by atoms with E-state index in [1.807, 2.05) is 0 Å². The van der Waals surface area contributed by atoms with Crippen LogP contribution in [0, 0.1) is 11.8 Å². The molecule has 0 spiro atoms. The molecule has 0 unspecified atom stereocenters. The van der Waals surface area contributed by atoms with Gasteiger partial charge in [0.2, 0.25) is 0 Å². The maximum atomic E-state index is 6.23.